The number of nitrogens with one attached hydrogen (secondary N) is 2. The summed E-state index contributed by atoms with van der Waals surface area (Å²) in [6, 6.07) is 4.64. The predicted octanol–water partition coefficient (Wildman–Crippen LogP) is 0.111. The van der Waals surface area contributed by atoms with Gasteiger partial charge < -0.3 is 25.8 Å². The first-order valence-electron chi connectivity index (χ1n) is 6.69. The molecule has 1 fully saturated rings. The van der Waals surface area contributed by atoms with Gasteiger partial charge in [0.25, 0.3) is 0 Å². The monoisotopic (exact) mass is 293 g/mol. The summed E-state index contributed by atoms with van der Waals surface area (Å²) >= 11 is 0. The maximum Gasteiger partial charge on any atom is 0.248 e. The quantitative estimate of drug-likeness (QED) is 0.715. The van der Waals surface area contributed by atoms with E-state index in [9.17, 15) is 9.59 Å². The number of methoxy groups -OCH3 is 1. The van der Waals surface area contributed by atoms with Gasteiger partial charge in [0.05, 0.1) is 26.0 Å². The first-order valence-corrected chi connectivity index (χ1v) is 6.69. The standard InChI is InChI=1S/C14H19N3O4/c1-20-12-3-2-9(14(15)19)6-11(12)17-13(18)7-10-8-21-5-4-16-10/h2-3,6,10,16H,4-5,7-8H2,1H3,(H2,15,19)(H,17,18). The molecule has 4 N–H and O–H groups in total. The molecule has 1 aromatic rings. The second-order valence-corrected chi connectivity index (χ2v) is 4.76. The topological polar surface area (TPSA) is 103 Å². The van der Waals surface area contributed by atoms with Crippen LogP contribution in [0, 0.1) is 0 Å². The molecule has 1 unspecified atom stereocenters. The van der Waals surface area contributed by atoms with Gasteiger partial charge in [-0.1, -0.05) is 0 Å². The van der Waals surface area contributed by atoms with E-state index < -0.39 is 5.91 Å². The van der Waals surface area contributed by atoms with Gasteiger partial charge in [0.2, 0.25) is 11.8 Å². The summed E-state index contributed by atoms with van der Waals surface area (Å²) in [7, 11) is 1.49. The van der Waals surface area contributed by atoms with E-state index in [1.165, 1.54) is 13.2 Å². The van der Waals surface area contributed by atoms with Crippen LogP contribution in [0.15, 0.2) is 18.2 Å². The number of anilines is 1. The molecule has 2 rings (SSSR count). The van der Waals surface area contributed by atoms with Crippen molar-refractivity contribution in [2.75, 3.05) is 32.2 Å². The molecule has 1 saturated heterocycles. The molecule has 1 atom stereocenters. The van der Waals surface area contributed by atoms with E-state index in [-0.39, 0.29) is 18.4 Å². The summed E-state index contributed by atoms with van der Waals surface area (Å²) in [6.45, 7) is 1.90. The van der Waals surface area contributed by atoms with Crippen molar-refractivity contribution >= 4 is 17.5 Å². The summed E-state index contributed by atoms with van der Waals surface area (Å²) in [5.41, 5.74) is 5.97. The van der Waals surface area contributed by atoms with Crippen molar-refractivity contribution in [3.8, 4) is 5.75 Å². The number of ether oxygens (including phenoxy) is 2. The van der Waals surface area contributed by atoms with Gasteiger partial charge in [-0.3, -0.25) is 9.59 Å². The third kappa shape index (κ3) is 4.17. The van der Waals surface area contributed by atoms with Crippen molar-refractivity contribution in [1.29, 1.82) is 0 Å². The molecule has 7 nitrogen and oxygen atoms in total. The van der Waals surface area contributed by atoms with Crippen LogP contribution in [0.5, 0.6) is 5.75 Å². The lowest BCUT2D eigenvalue weighted by Crippen LogP contribution is -2.43. The van der Waals surface area contributed by atoms with Gasteiger partial charge >= 0.3 is 0 Å². The van der Waals surface area contributed by atoms with Crippen LogP contribution in [0.25, 0.3) is 0 Å². The molecule has 114 valence electrons. The number of rotatable bonds is 5. The normalized spacial score (nSPS) is 18.0. The maximum absolute atomic E-state index is 12.1. The highest BCUT2D eigenvalue weighted by molar-refractivity contribution is 5.97. The van der Waals surface area contributed by atoms with E-state index in [0.29, 0.717) is 30.2 Å². The average Bonchev–Trinajstić information content (AvgIpc) is 2.48. The van der Waals surface area contributed by atoms with Crippen molar-refractivity contribution in [3.63, 3.8) is 0 Å². The lowest BCUT2D eigenvalue weighted by atomic mass is 10.1. The van der Waals surface area contributed by atoms with Crippen molar-refractivity contribution < 1.29 is 19.1 Å². The van der Waals surface area contributed by atoms with Gasteiger partial charge in [-0.2, -0.15) is 0 Å². The maximum atomic E-state index is 12.1. The minimum Gasteiger partial charge on any atom is -0.495 e. The first kappa shape index (κ1) is 15.3. The molecule has 0 aromatic heterocycles. The fourth-order valence-corrected chi connectivity index (χ4v) is 2.13. The van der Waals surface area contributed by atoms with Crippen molar-refractivity contribution in [2.45, 2.75) is 12.5 Å². The first-order chi connectivity index (χ1) is 10.1. The Hall–Kier alpha value is -2.12. The van der Waals surface area contributed by atoms with Gasteiger partial charge in [-0.15, -0.1) is 0 Å². The predicted molar refractivity (Wildman–Crippen MR) is 77.4 cm³/mol. The Balaban J connectivity index is 2.04. The zero-order valence-corrected chi connectivity index (χ0v) is 11.8. The number of amides is 2. The lowest BCUT2D eigenvalue weighted by molar-refractivity contribution is -0.117. The molecule has 1 aliphatic heterocycles. The fraction of sp³-hybridized carbons (Fsp3) is 0.429. The molecule has 7 heteroatoms. The molecular weight excluding hydrogens is 274 g/mol. The highest BCUT2D eigenvalue weighted by Gasteiger charge is 2.18. The Morgan fingerprint density at radius 2 is 2.33 bits per heavy atom. The van der Waals surface area contributed by atoms with Crippen molar-refractivity contribution in [1.82, 2.24) is 5.32 Å². The number of carbonyl (C=O) groups is 2. The Labute approximate surface area is 122 Å². The van der Waals surface area contributed by atoms with Crippen LogP contribution in [0.1, 0.15) is 16.8 Å². The largest absolute Gasteiger partial charge is 0.495 e. The van der Waals surface area contributed by atoms with E-state index in [2.05, 4.69) is 10.6 Å². The van der Waals surface area contributed by atoms with E-state index in [4.69, 9.17) is 15.2 Å². The van der Waals surface area contributed by atoms with Crippen LogP contribution in [0.2, 0.25) is 0 Å². The van der Waals surface area contributed by atoms with Crippen LogP contribution >= 0.6 is 0 Å². The SMILES string of the molecule is COc1ccc(C(N)=O)cc1NC(=O)CC1COCCN1. The minimum atomic E-state index is -0.560. The molecule has 0 aliphatic carbocycles. The summed E-state index contributed by atoms with van der Waals surface area (Å²) in [5, 5.41) is 5.94. The van der Waals surface area contributed by atoms with E-state index in [0.717, 1.165) is 6.54 Å². The highest BCUT2D eigenvalue weighted by Crippen LogP contribution is 2.25. The number of nitrogens with two attached hydrogens (primary N) is 1. The number of hydrogen-bond donors (Lipinski definition) is 3. The second-order valence-electron chi connectivity index (χ2n) is 4.76. The number of primary amides is 1. The summed E-state index contributed by atoms with van der Waals surface area (Å²) in [5.74, 6) is -0.269. The van der Waals surface area contributed by atoms with E-state index >= 15 is 0 Å². The van der Waals surface area contributed by atoms with Crippen LogP contribution in [-0.4, -0.2) is 44.7 Å². The van der Waals surface area contributed by atoms with Gasteiger partial charge in [-0.05, 0) is 18.2 Å². The number of benzene rings is 1. The molecule has 0 saturated carbocycles. The molecule has 1 aromatic carbocycles. The lowest BCUT2D eigenvalue weighted by Gasteiger charge is -2.23. The molecule has 1 heterocycles. The van der Waals surface area contributed by atoms with Crippen LogP contribution in [0.4, 0.5) is 5.69 Å². The van der Waals surface area contributed by atoms with Crippen LogP contribution in [0.3, 0.4) is 0 Å². The van der Waals surface area contributed by atoms with E-state index in [1.807, 2.05) is 0 Å². The average molecular weight is 293 g/mol. The summed E-state index contributed by atoms with van der Waals surface area (Å²) in [6.07, 6.45) is 0.282. The van der Waals surface area contributed by atoms with Gasteiger partial charge in [0, 0.05) is 24.6 Å². The van der Waals surface area contributed by atoms with Gasteiger partial charge in [0.15, 0.2) is 0 Å². The minimum absolute atomic E-state index is 0.0101. The van der Waals surface area contributed by atoms with Crippen LogP contribution in [-0.2, 0) is 9.53 Å². The third-order valence-electron chi connectivity index (χ3n) is 3.19. The fourth-order valence-electron chi connectivity index (χ4n) is 2.13. The zero-order valence-electron chi connectivity index (χ0n) is 11.8. The summed E-state index contributed by atoms with van der Waals surface area (Å²) in [4.78, 5) is 23.2. The Kier molecular flexibility index (Phi) is 5.13. The zero-order chi connectivity index (χ0) is 15.2. The molecule has 0 radical (unpaired) electrons. The van der Waals surface area contributed by atoms with Crippen molar-refractivity contribution in [3.05, 3.63) is 23.8 Å². The van der Waals surface area contributed by atoms with Gasteiger partial charge in [0.1, 0.15) is 5.75 Å². The Morgan fingerprint density at radius 3 is 2.95 bits per heavy atom. The van der Waals surface area contributed by atoms with E-state index in [1.54, 1.807) is 12.1 Å². The molecule has 0 spiro atoms. The second kappa shape index (κ2) is 7.05. The molecule has 1 aliphatic rings. The Morgan fingerprint density at radius 1 is 1.52 bits per heavy atom. The summed E-state index contributed by atoms with van der Waals surface area (Å²) < 4.78 is 10.5. The Bertz CT molecular complexity index is 527. The highest BCUT2D eigenvalue weighted by atomic mass is 16.5. The smallest absolute Gasteiger partial charge is 0.248 e. The number of morpholine rings is 1. The molecule has 21 heavy (non-hydrogen) atoms. The van der Waals surface area contributed by atoms with Gasteiger partial charge in [-0.25, -0.2) is 0 Å². The molecule has 2 amide bonds. The number of hydrogen-bond acceptors (Lipinski definition) is 5. The molecular formula is C14H19N3O4. The molecule has 0 bridgehead atoms. The number of carbonyl (C=O) groups excluding carboxylic acids is 2. The van der Waals surface area contributed by atoms with Crippen molar-refractivity contribution in [2.24, 2.45) is 5.73 Å². The van der Waals surface area contributed by atoms with Crippen LogP contribution < -0.4 is 21.1 Å². The third-order valence-corrected chi connectivity index (χ3v) is 3.19.